The summed E-state index contributed by atoms with van der Waals surface area (Å²) in [7, 11) is 1.73. The van der Waals surface area contributed by atoms with E-state index < -0.39 is 0 Å². The van der Waals surface area contributed by atoms with Crippen molar-refractivity contribution in [1.29, 1.82) is 0 Å². The van der Waals surface area contributed by atoms with Gasteiger partial charge in [0.05, 0.1) is 13.0 Å². The molecule has 1 amide bonds. The average Bonchev–Trinajstić information content (AvgIpc) is 2.69. The molecule has 144 valence electrons. The number of hydrogen-bond acceptors (Lipinski definition) is 4. The first-order valence-electron chi connectivity index (χ1n) is 9.24. The summed E-state index contributed by atoms with van der Waals surface area (Å²) < 4.78 is 18.1. The number of halogens is 1. The van der Waals surface area contributed by atoms with Gasteiger partial charge in [0.15, 0.2) is 0 Å². The minimum absolute atomic E-state index is 0.110. The van der Waals surface area contributed by atoms with Crippen molar-refractivity contribution in [2.24, 2.45) is 0 Å². The molecule has 1 fully saturated rings. The molecule has 6 heteroatoms. The number of nitrogens with one attached hydrogen (secondary N) is 1. The number of benzene rings is 2. The van der Waals surface area contributed by atoms with Crippen molar-refractivity contribution in [2.75, 3.05) is 56.7 Å². The maximum Gasteiger partial charge on any atom is 0.228 e. The third-order valence-corrected chi connectivity index (χ3v) is 4.78. The van der Waals surface area contributed by atoms with Crippen LogP contribution in [0.15, 0.2) is 48.5 Å². The fraction of sp³-hybridized carbons (Fsp3) is 0.381. The largest absolute Gasteiger partial charge is 0.383 e. The van der Waals surface area contributed by atoms with E-state index in [1.54, 1.807) is 19.2 Å². The van der Waals surface area contributed by atoms with E-state index in [0.29, 0.717) is 0 Å². The highest BCUT2D eigenvalue weighted by Crippen LogP contribution is 2.20. The zero-order valence-electron chi connectivity index (χ0n) is 15.7. The number of methoxy groups -OCH3 is 1. The molecule has 1 aliphatic rings. The Morgan fingerprint density at radius 1 is 1.04 bits per heavy atom. The molecular formula is C21H26FN3O2. The summed E-state index contributed by atoms with van der Waals surface area (Å²) >= 11 is 0. The lowest BCUT2D eigenvalue weighted by atomic mass is 10.1. The Morgan fingerprint density at radius 2 is 1.70 bits per heavy atom. The lowest BCUT2D eigenvalue weighted by molar-refractivity contribution is -0.115. The van der Waals surface area contributed by atoms with Crippen LogP contribution < -0.4 is 10.2 Å². The molecule has 0 unspecified atom stereocenters. The van der Waals surface area contributed by atoms with Crippen molar-refractivity contribution in [2.45, 2.75) is 6.42 Å². The highest BCUT2D eigenvalue weighted by molar-refractivity contribution is 5.92. The molecule has 0 radical (unpaired) electrons. The number of piperazine rings is 1. The fourth-order valence-electron chi connectivity index (χ4n) is 3.20. The van der Waals surface area contributed by atoms with Gasteiger partial charge in [-0.3, -0.25) is 9.69 Å². The Morgan fingerprint density at radius 3 is 2.33 bits per heavy atom. The third-order valence-electron chi connectivity index (χ3n) is 4.78. The summed E-state index contributed by atoms with van der Waals surface area (Å²) in [5, 5.41) is 2.89. The van der Waals surface area contributed by atoms with Crippen LogP contribution in [0.3, 0.4) is 0 Å². The molecule has 1 N–H and O–H groups in total. The molecule has 1 heterocycles. The molecule has 0 spiro atoms. The van der Waals surface area contributed by atoms with E-state index in [4.69, 9.17) is 4.74 Å². The van der Waals surface area contributed by atoms with Crippen LogP contribution in [0.25, 0.3) is 0 Å². The Kier molecular flexibility index (Phi) is 6.79. The lowest BCUT2D eigenvalue weighted by Crippen LogP contribution is -2.47. The molecule has 3 rings (SSSR count). The van der Waals surface area contributed by atoms with Gasteiger partial charge in [0.1, 0.15) is 5.82 Å². The van der Waals surface area contributed by atoms with Crippen LogP contribution in [0.5, 0.6) is 0 Å². The summed E-state index contributed by atoms with van der Waals surface area (Å²) in [6, 6.07) is 13.9. The molecular weight excluding hydrogens is 345 g/mol. The molecule has 27 heavy (non-hydrogen) atoms. The SMILES string of the molecule is COCCN1CCN(c2ccc(NC(=O)Cc3ccc(F)cc3)cc2)CC1. The quantitative estimate of drug-likeness (QED) is 0.813. The van der Waals surface area contributed by atoms with Crippen LogP contribution in [-0.4, -0.2) is 57.2 Å². The van der Waals surface area contributed by atoms with Crippen molar-refractivity contribution >= 4 is 17.3 Å². The molecule has 2 aromatic carbocycles. The number of ether oxygens (including phenoxy) is 1. The molecule has 0 aromatic heterocycles. The molecule has 0 saturated carbocycles. The van der Waals surface area contributed by atoms with Crippen molar-refractivity contribution in [1.82, 2.24) is 4.90 Å². The number of rotatable bonds is 7. The van der Waals surface area contributed by atoms with Crippen LogP contribution in [0.1, 0.15) is 5.56 Å². The zero-order chi connectivity index (χ0) is 19.1. The van der Waals surface area contributed by atoms with Crippen molar-refractivity contribution in [3.8, 4) is 0 Å². The molecule has 1 saturated heterocycles. The molecule has 0 bridgehead atoms. The summed E-state index contributed by atoms with van der Waals surface area (Å²) in [5.41, 5.74) is 2.72. The van der Waals surface area contributed by atoms with Crippen molar-refractivity contribution in [3.05, 3.63) is 59.9 Å². The highest BCUT2D eigenvalue weighted by Gasteiger charge is 2.16. The number of amides is 1. The smallest absolute Gasteiger partial charge is 0.228 e. The predicted molar refractivity (Wildman–Crippen MR) is 106 cm³/mol. The van der Waals surface area contributed by atoms with E-state index in [2.05, 4.69) is 15.1 Å². The molecule has 0 aliphatic carbocycles. The van der Waals surface area contributed by atoms with Gasteiger partial charge in [-0.05, 0) is 42.0 Å². The van der Waals surface area contributed by atoms with Crippen molar-refractivity contribution in [3.63, 3.8) is 0 Å². The van der Waals surface area contributed by atoms with E-state index in [9.17, 15) is 9.18 Å². The molecule has 2 aromatic rings. The average molecular weight is 371 g/mol. The maximum absolute atomic E-state index is 12.9. The fourth-order valence-corrected chi connectivity index (χ4v) is 3.20. The van der Waals surface area contributed by atoms with Crippen LogP contribution in [0, 0.1) is 5.82 Å². The lowest BCUT2D eigenvalue weighted by Gasteiger charge is -2.36. The van der Waals surface area contributed by atoms with Gasteiger partial charge in [0.25, 0.3) is 0 Å². The van der Waals surface area contributed by atoms with Gasteiger partial charge in [-0.1, -0.05) is 12.1 Å². The minimum atomic E-state index is -0.297. The van der Waals surface area contributed by atoms with Gasteiger partial charge >= 0.3 is 0 Å². The van der Waals surface area contributed by atoms with Gasteiger partial charge in [-0.25, -0.2) is 4.39 Å². The minimum Gasteiger partial charge on any atom is -0.383 e. The van der Waals surface area contributed by atoms with Gasteiger partial charge in [-0.2, -0.15) is 0 Å². The topological polar surface area (TPSA) is 44.8 Å². The van der Waals surface area contributed by atoms with Gasteiger partial charge in [0.2, 0.25) is 5.91 Å². The summed E-state index contributed by atoms with van der Waals surface area (Å²) in [6.07, 6.45) is 0.228. The molecule has 1 aliphatic heterocycles. The monoisotopic (exact) mass is 371 g/mol. The van der Waals surface area contributed by atoms with E-state index in [0.717, 1.165) is 56.3 Å². The third kappa shape index (κ3) is 5.77. The van der Waals surface area contributed by atoms with Crippen LogP contribution in [0.2, 0.25) is 0 Å². The summed E-state index contributed by atoms with van der Waals surface area (Å²) in [4.78, 5) is 16.9. The Hall–Kier alpha value is -2.44. The summed E-state index contributed by atoms with van der Waals surface area (Å²) in [6.45, 7) is 5.77. The maximum atomic E-state index is 12.9. The number of carbonyl (C=O) groups excluding carboxylic acids is 1. The molecule has 5 nitrogen and oxygen atoms in total. The molecule has 0 atom stereocenters. The first-order valence-corrected chi connectivity index (χ1v) is 9.24. The van der Waals surface area contributed by atoms with E-state index in [1.165, 1.54) is 12.1 Å². The van der Waals surface area contributed by atoms with Crippen LogP contribution in [0.4, 0.5) is 15.8 Å². The first kappa shape index (κ1) is 19.3. The highest BCUT2D eigenvalue weighted by atomic mass is 19.1. The standard InChI is InChI=1S/C21H26FN3O2/c1-27-15-14-24-10-12-25(13-11-24)20-8-6-19(7-9-20)23-21(26)16-17-2-4-18(22)5-3-17/h2-9H,10-16H2,1H3,(H,23,26). The van der Waals surface area contributed by atoms with E-state index >= 15 is 0 Å². The number of anilines is 2. The van der Waals surface area contributed by atoms with Gasteiger partial charge in [-0.15, -0.1) is 0 Å². The second-order valence-corrected chi connectivity index (χ2v) is 6.72. The number of nitrogens with zero attached hydrogens (tertiary/aromatic N) is 2. The Labute approximate surface area is 159 Å². The predicted octanol–water partition coefficient (Wildman–Crippen LogP) is 2.78. The van der Waals surface area contributed by atoms with E-state index in [1.807, 2.05) is 24.3 Å². The van der Waals surface area contributed by atoms with Gasteiger partial charge < -0.3 is 15.0 Å². The number of carbonyl (C=O) groups is 1. The second-order valence-electron chi connectivity index (χ2n) is 6.72. The van der Waals surface area contributed by atoms with Gasteiger partial charge in [0, 0.05) is 51.2 Å². The van der Waals surface area contributed by atoms with Crippen LogP contribution >= 0.6 is 0 Å². The van der Waals surface area contributed by atoms with Crippen LogP contribution in [-0.2, 0) is 16.0 Å². The Balaban J connectivity index is 1.48. The first-order chi connectivity index (χ1) is 13.1. The van der Waals surface area contributed by atoms with E-state index in [-0.39, 0.29) is 18.1 Å². The van der Waals surface area contributed by atoms with Crippen molar-refractivity contribution < 1.29 is 13.9 Å². The summed E-state index contributed by atoms with van der Waals surface area (Å²) in [5.74, 6) is -0.407. The number of hydrogen-bond donors (Lipinski definition) is 1. The Bertz CT molecular complexity index is 726. The zero-order valence-corrected chi connectivity index (χ0v) is 15.7. The second kappa shape index (κ2) is 9.48. The normalized spacial score (nSPS) is 15.0.